The zero-order chi connectivity index (χ0) is 16.4. The number of benzene rings is 1. The molecule has 1 aromatic carbocycles. The van der Waals surface area contributed by atoms with Crippen LogP contribution in [0.1, 0.15) is 25.2 Å². The van der Waals surface area contributed by atoms with Crippen molar-refractivity contribution >= 4 is 0 Å². The predicted molar refractivity (Wildman–Crippen MR) is 74.0 cm³/mol. The molecule has 0 saturated carbocycles. The molecule has 0 fully saturated rings. The maximum absolute atomic E-state index is 12.1. The molecule has 8 heteroatoms. The van der Waals surface area contributed by atoms with Gasteiger partial charge in [0.1, 0.15) is 17.9 Å². The number of halogens is 3. The number of rotatable bonds is 5. The highest BCUT2D eigenvalue weighted by atomic mass is 19.4. The molecule has 0 unspecified atom stereocenters. The van der Waals surface area contributed by atoms with Gasteiger partial charge >= 0.3 is 6.36 Å². The molecule has 0 radical (unpaired) electrons. The second-order valence-electron chi connectivity index (χ2n) is 5.41. The fraction of sp³-hybridized carbons (Fsp3) is 0.429. The maximum Gasteiger partial charge on any atom is 0.573 e. The molecule has 0 spiro atoms. The number of hydrogen-bond acceptors (Lipinski definition) is 4. The summed E-state index contributed by atoms with van der Waals surface area (Å²) in [6, 6.07) is 5.80. The predicted octanol–water partition coefficient (Wildman–Crippen LogP) is 2.74. The Balaban J connectivity index is 2.04. The minimum Gasteiger partial charge on any atom is -0.406 e. The van der Waals surface area contributed by atoms with Crippen LogP contribution in [0.15, 0.2) is 30.6 Å². The number of alkyl halides is 3. The fourth-order valence-corrected chi connectivity index (χ4v) is 1.94. The van der Waals surface area contributed by atoms with E-state index in [0.29, 0.717) is 6.54 Å². The second kappa shape index (κ2) is 5.96. The fourth-order valence-electron chi connectivity index (χ4n) is 1.94. The lowest BCUT2D eigenvalue weighted by atomic mass is 9.94. The van der Waals surface area contributed by atoms with Gasteiger partial charge < -0.3 is 14.6 Å². The van der Waals surface area contributed by atoms with Crippen LogP contribution in [-0.4, -0.2) is 21.1 Å². The van der Waals surface area contributed by atoms with Crippen molar-refractivity contribution in [2.75, 3.05) is 0 Å². The normalized spacial score (nSPS) is 12.5. The molecule has 2 rings (SSSR count). The van der Waals surface area contributed by atoms with Crippen LogP contribution in [0.25, 0.3) is 0 Å². The molecule has 2 aromatic rings. The minimum absolute atomic E-state index is 0.236. The van der Waals surface area contributed by atoms with Gasteiger partial charge in [0.05, 0.1) is 6.54 Å². The van der Waals surface area contributed by atoms with Crippen LogP contribution in [0.2, 0.25) is 0 Å². The van der Waals surface area contributed by atoms with E-state index in [1.165, 1.54) is 12.1 Å². The van der Waals surface area contributed by atoms with Crippen molar-refractivity contribution in [3.63, 3.8) is 0 Å². The minimum atomic E-state index is -4.68. The van der Waals surface area contributed by atoms with E-state index in [-0.39, 0.29) is 5.75 Å². The van der Waals surface area contributed by atoms with Crippen molar-refractivity contribution < 1.29 is 17.9 Å². The molecule has 1 aromatic heterocycles. The van der Waals surface area contributed by atoms with E-state index in [9.17, 15) is 13.2 Å². The van der Waals surface area contributed by atoms with E-state index >= 15 is 0 Å². The highest BCUT2D eigenvalue weighted by molar-refractivity contribution is 5.31. The largest absolute Gasteiger partial charge is 0.573 e. The summed E-state index contributed by atoms with van der Waals surface area (Å²) in [5, 5.41) is 11.1. The molecule has 5 nitrogen and oxygen atoms in total. The van der Waals surface area contributed by atoms with Crippen molar-refractivity contribution in [3.8, 4) is 5.75 Å². The highest BCUT2D eigenvalue weighted by Crippen LogP contribution is 2.26. The van der Waals surface area contributed by atoms with Crippen LogP contribution in [0, 0.1) is 0 Å². The lowest BCUT2D eigenvalue weighted by Crippen LogP contribution is -2.36. The first-order valence-electron chi connectivity index (χ1n) is 6.61. The third-order valence-corrected chi connectivity index (χ3v) is 3.30. The summed E-state index contributed by atoms with van der Waals surface area (Å²) in [5.41, 5.74) is 0.395. The third-order valence-electron chi connectivity index (χ3n) is 3.30. The number of aryl methyl sites for hydroxylation is 1. The topological polar surface area (TPSA) is 52.0 Å². The molecule has 0 bridgehead atoms. The van der Waals surface area contributed by atoms with Gasteiger partial charge in [0.2, 0.25) is 0 Å². The van der Waals surface area contributed by atoms with E-state index in [1.54, 1.807) is 23.0 Å². The van der Waals surface area contributed by atoms with Crippen molar-refractivity contribution in [2.45, 2.75) is 32.3 Å². The van der Waals surface area contributed by atoms with Gasteiger partial charge in [-0.2, -0.15) is 0 Å². The number of nitrogens with zero attached hydrogens (tertiary/aromatic N) is 3. The van der Waals surface area contributed by atoms with Gasteiger partial charge in [-0.15, -0.1) is 23.4 Å². The Morgan fingerprint density at radius 3 is 2.32 bits per heavy atom. The molecule has 120 valence electrons. The Morgan fingerprint density at radius 2 is 1.82 bits per heavy atom. The summed E-state index contributed by atoms with van der Waals surface area (Å²) in [4.78, 5) is 0. The SMILES string of the molecule is Cn1cnnc1CNC(C)(C)c1ccc(OC(F)(F)F)cc1. The van der Waals surface area contributed by atoms with E-state index in [2.05, 4.69) is 20.3 Å². The van der Waals surface area contributed by atoms with Gasteiger partial charge in [0, 0.05) is 12.6 Å². The molecular weight excluding hydrogens is 297 g/mol. The summed E-state index contributed by atoms with van der Waals surface area (Å²) in [5.74, 6) is 0.533. The molecule has 0 saturated heterocycles. The molecule has 0 aliphatic carbocycles. The zero-order valence-corrected chi connectivity index (χ0v) is 12.5. The second-order valence-corrected chi connectivity index (χ2v) is 5.41. The molecule has 1 heterocycles. The molecule has 0 aliphatic heterocycles. The zero-order valence-electron chi connectivity index (χ0n) is 12.5. The van der Waals surface area contributed by atoms with Gasteiger partial charge in [-0.25, -0.2) is 0 Å². The van der Waals surface area contributed by atoms with E-state index in [0.717, 1.165) is 11.4 Å². The molecule has 0 atom stereocenters. The van der Waals surface area contributed by atoms with Gasteiger partial charge in [0.25, 0.3) is 0 Å². The third kappa shape index (κ3) is 4.20. The number of hydrogen-bond donors (Lipinski definition) is 1. The van der Waals surface area contributed by atoms with Gasteiger partial charge in [-0.3, -0.25) is 0 Å². The first-order valence-corrected chi connectivity index (χ1v) is 6.61. The van der Waals surface area contributed by atoms with Crippen molar-refractivity contribution in [3.05, 3.63) is 42.0 Å². The first-order chi connectivity index (χ1) is 10.2. The van der Waals surface area contributed by atoms with E-state index in [1.807, 2.05) is 20.9 Å². The number of aromatic nitrogens is 3. The molecule has 0 amide bonds. The van der Waals surface area contributed by atoms with Crippen LogP contribution in [0.4, 0.5) is 13.2 Å². The van der Waals surface area contributed by atoms with E-state index in [4.69, 9.17) is 0 Å². The van der Waals surface area contributed by atoms with Crippen LogP contribution < -0.4 is 10.1 Å². The van der Waals surface area contributed by atoms with Crippen molar-refractivity contribution in [1.29, 1.82) is 0 Å². The standard InChI is InChI=1S/C14H17F3N4O/c1-13(2,18-8-12-20-19-9-21(12)3)10-4-6-11(7-5-10)22-14(15,16)17/h4-7,9,18H,8H2,1-3H3. The molecular formula is C14H17F3N4O. The quantitative estimate of drug-likeness (QED) is 0.922. The summed E-state index contributed by atoms with van der Waals surface area (Å²) in [7, 11) is 1.84. The van der Waals surface area contributed by atoms with Crippen LogP contribution in [0.3, 0.4) is 0 Å². The molecule has 22 heavy (non-hydrogen) atoms. The lowest BCUT2D eigenvalue weighted by Gasteiger charge is -2.27. The summed E-state index contributed by atoms with van der Waals surface area (Å²) in [6.07, 6.45) is -3.08. The van der Waals surface area contributed by atoms with Crippen molar-refractivity contribution in [2.24, 2.45) is 7.05 Å². The van der Waals surface area contributed by atoms with Crippen LogP contribution in [0.5, 0.6) is 5.75 Å². The van der Waals surface area contributed by atoms with Crippen molar-refractivity contribution in [1.82, 2.24) is 20.1 Å². The number of nitrogens with one attached hydrogen (secondary N) is 1. The number of ether oxygens (including phenoxy) is 1. The summed E-state index contributed by atoms with van der Waals surface area (Å²) >= 11 is 0. The van der Waals surface area contributed by atoms with Gasteiger partial charge in [0.15, 0.2) is 0 Å². The van der Waals surface area contributed by atoms with Gasteiger partial charge in [-0.1, -0.05) is 12.1 Å². The first kappa shape index (κ1) is 16.3. The lowest BCUT2D eigenvalue weighted by molar-refractivity contribution is -0.274. The van der Waals surface area contributed by atoms with Crippen LogP contribution in [-0.2, 0) is 19.1 Å². The molecule has 1 N–H and O–H groups in total. The maximum atomic E-state index is 12.1. The summed E-state index contributed by atoms with van der Waals surface area (Å²) in [6.45, 7) is 4.36. The Hall–Kier alpha value is -2.09. The average molecular weight is 314 g/mol. The Morgan fingerprint density at radius 1 is 1.18 bits per heavy atom. The van der Waals surface area contributed by atoms with Crippen LogP contribution >= 0.6 is 0 Å². The Labute approximate surface area is 126 Å². The molecule has 0 aliphatic rings. The van der Waals surface area contributed by atoms with E-state index < -0.39 is 11.9 Å². The van der Waals surface area contributed by atoms with Gasteiger partial charge in [-0.05, 0) is 31.5 Å². The average Bonchev–Trinajstić information content (AvgIpc) is 2.81. The monoisotopic (exact) mass is 314 g/mol. The highest BCUT2D eigenvalue weighted by Gasteiger charge is 2.31. The Bertz CT molecular complexity index is 620. The smallest absolute Gasteiger partial charge is 0.406 e. The Kier molecular flexibility index (Phi) is 4.41. The summed E-state index contributed by atoms with van der Waals surface area (Å²) < 4.78 is 42.1.